The van der Waals surface area contributed by atoms with E-state index in [2.05, 4.69) is 4.90 Å². The number of hydrogen-bond donors (Lipinski definition) is 0. The van der Waals surface area contributed by atoms with Gasteiger partial charge in [0.25, 0.3) is 0 Å². The van der Waals surface area contributed by atoms with Crippen LogP contribution >= 0.6 is 12.2 Å². The Morgan fingerprint density at radius 2 is 1.58 bits per heavy atom. The Kier molecular flexibility index (Phi) is 5.73. The molecule has 0 aromatic heterocycles. The van der Waals surface area contributed by atoms with Crippen LogP contribution < -0.4 is 14.2 Å². The second-order valence-corrected chi connectivity index (χ2v) is 6.37. The number of esters is 1. The van der Waals surface area contributed by atoms with Gasteiger partial charge in [-0.2, -0.15) is 0 Å². The number of ether oxygens (including phenoxy) is 3. The summed E-state index contributed by atoms with van der Waals surface area (Å²) < 4.78 is 16.0. The lowest BCUT2D eigenvalue weighted by molar-refractivity contribution is 0.0729. The minimum atomic E-state index is -0.458. The zero-order valence-electron chi connectivity index (χ0n) is 14.9. The Balaban J connectivity index is 1.76. The van der Waals surface area contributed by atoms with Gasteiger partial charge < -0.3 is 19.1 Å². The highest BCUT2D eigenvalue weighted by atomic mass is 32.1. The fourth-order valence-electron chi connectivity index (χ4n) is 2.87. The summed E-state index contributed by atoms with van der Waals surface area (Å²) in [6.07, 6.45) is 2.32. The molecule has 1 aliphatic heterocycles. The van der Waals surface area contributed by atoms with E-state index in [0.717, 1.165) is 36.5 Å². The average Bonchev–Trinajstić information content (AvgIpc) is 3.22. The molecular formula is C20H21NO4S. The number of likely N-dealkylation sites (tertiary alicyclic amines) is 1. The third-order valence-electron chi connectivity index (χ3n) is 4.33. The SMILES string of the molecule is COc1ccc(C(=O)Oc2ccc(C(=S)N3CCCC3)cc2OC)cc1. The van der Waals surface area contributed by atoms with Crippen LogP contribution in [-0.4, -0.2) is 43.2 Å². The number of benzene rings is 2. The van der Waals surface area contributed by atoms with Crippen LogP contribution in [0.4, 0.5) is 0 Å². The summed E-state index contributed by atoms with van der Waals surface area (Å²) in [5.74, 6) is 1.06. The van der Waals surface area contributed by atoms with E-state index in [0.29, 0.717) is 22.8 Å². The van der Waals surface area contributed by atoms with Gasteiger partial charge >= 0.3 is 5.97 Å². The molecule has 0 saturated carbocycles. The first-order chi connectivity index (χ1) is 12.6. The summed E-state index contributed by atoms with van der Waals surface area (Å²) in [5, 5.41) is 0. The molecular weight excluding hydrogens is 350 g/mol. The number of rotatable bonds is 5. The van der Waals surface area contributed by atoms with Gasteiger partial charge in [0.2, 0.25) is 0 Å². The lowest BCUT2D eigenvalue weighted by Gasteiger charge is -2.19. The van der Waals surface area contributed by atoms with E-state index < -0.39 is 5.97 Å². The summed E-state index contributed by atoms with van der Waals surface area (Å²) >= 11 is 5.57. The number of carbonyl (C=O) groups excluding carboxylic acids is 1. The number of nitrogens with zero attached hydrogens (tertiary/aromatic N) is 1. The molecule has 2 aromatic carbocycles. The monoisotopic (exact) mass is 371 g/mol. The van der Waals surface area contributed by atoms with Gasteiger partial charge in [-0.3, -0.25) is 0 Å². The zero-order chi connectivity index (χ0) is 18.5. The van der Waals surface area contributed by atoms with Gasteiger partial charge in [-0.25, -0.2) is 4.79 Å². The highest BCUT2D eigenvalue weighted by molar-refractivity contribution is 7.80. The molecule has 0 aliphatic carbocycles. The number of methoxy groups -OCH3 is 2. The van der Waals surface area contributed by atoms with Gasteiger partial charge in [0.1, 0.15) is 10.7 Å². The lowest BCUT2D eigenvalue weighted by atomic mass is 10.2. The van der Waals surface area contributed by atoms with E-state index in [-0.39, 0.29) is 0 Å². The van der Waals surface area contributed by atoms with Crippen LogP contribution in [-0.2, 0) is 0 Å². The topological polar surface area (TPSA) is 48.0 Å². The molecule has 0 atom stereocenters. The van der Waals surface area contributed by atoms with E-state index >= 15 is 0 Å². The second-order valence-electron chi connectivity index (χ2n) is 5.98. The highest BCUT2D eigenvalue weighted by Crippen LogP contribution is 2.30. The summed E-state index contributed by atoms with van der Waals surface area (Å²) in [6, 6.07) is 12.1. The molecule has 5 nitrogen and oxygen atoms in total. The molecule has 3 rings (SSSR count). The third-order valence-corrected chi connectivity index (χ3v) is 4.83. The minimum absolute atomic E-state index is 0.362. The first kappa shape index (κ1) is 18.2. The van der Waals surface area contributed by atoms with E-state index in [1.165, 1.54) is 0 Å². The minimum Gasteiger partial charge on any atom is -0.497 e. The van der Waals surface area contributed by atoms with Crippen molar-refractivity contribution in [3.63, 3.8) is 0 Å². The van der Waals surface area contributed by atoms with Crippen LogP contribution in [0.3, 0.4) is 0 Å². The Morgan fingerprint density at radius 1 is 0.923 bits per heavy atom. The maximum Gasteiger partial charge on any atom is 0.343 e. The van der Waals surface area contributed by atoms with Gasteiger partial charge in [0.15, 0.2) is 11.5 Å². The summed E-state index contributed by atoms with van der Waals surface area (Å²) in [5.41, 5.74) is 1.33. The summed E-state index contributed by atoms with van der Waals surface area (Å²) in [4.78, 5) is 15.3. The third kappa shape index (κ3) is 3.96. The lowest BCUT2D eigenvalue weighted by Crippen LogP contribution is -2.26. The zero-order valence-corrected chi connectivity index (χ0v) is 15.7. The van der Waals surface area contributed by atoms with Crippen molar-refractivity contribution in [2.75, 3.05) is 27.3 Å². The van der Waals surface area contributed by atoms with Gasteiger partial charge in [-0.1, -0.05) is 12.2 Å². The standard InChI is InChI=1S/C20H21NO4S/c1-23-16-8-5-14(6-9-16)20(22)25-17-10-7-15(13-18(17)24-2)19(26)21-11-3-4-12-21/h5-10,13H,3-4,11-12H2,1-2H3. The van der Waals surface area contributed by atoms with Crippen LogP contribution in [0.25, 0.3) is 0 Å². The molecule has 0 unspecified atom stereocenters. The fraction of sp³-hybridized carbons (Fsp3) is 0.300. The molecule has 0 spiro atoms. The molecule has 0 amide bonds. The van der Waals surface area contributed by atoms with Gasteiger partial charge in [0.05, 0.1) is 19.8 Å². The largest absolute Gasteiger partial charge is 0.497 e. The van der Waals surface area contributed by atoms with E-state index in [1.807, 2.05) is 12.1 Å². The van der Waals surface area contributed by atoms with Crippen LogP contribution in [0.15, 0.2) is 42.5 Å². The highest BCUT2D eigenvalue weighted by Gasteiger charge is 2.19. The second kappa shape index (κ2) is 8.19. The van der Waals surface area contributed by atoms with Crippen molar-refractivity contribution >= 4 is 23.2 Å². The van der Waals surface area contributed by atoms with Gasteiger partial charge in [-0.05, 0) is 55.3 Å². The Bertz CT molecular complexity index is 798. The summed E-state index contributed by atoms with van der Waals surface area (Å²) in [7, 11) is 3.12. The van der Waals surface area contributed by atoms with Crippen molar-refractivity contribution in [3.8, 4) is 17.2 Å². The predicted octanol–water partition coefficient (Wildman–Crippen LogP) is 3.69. The average molecular weight is 371 g/mol. The molecule has 0 radical (unpaired) electrons. The van der Waals surface area contributed by atoms with Gasteiger partial charge in [0, 0.05) is 18.7 Å². The molecule has 1 heterocycles. The maximum atomic E-state index is 12.4. The first-order valence-electron chi connectivity index (χ1n) is 8.46. The summed E-state index contributed by atoms with van der Waals surface area (Å²) in [6.45, 7) is 1.96. The maximum absolute atomic E-state index is 12.4. The molecule has 26 heavy (non-hydrogen) atoms. The van der Waals surface area contributed by atoms with E-state index in [4.69, 9.17) is 26.4 Å². The predicted molar refractivity (Wildman–Crippen MR) is 103 cm³/mol. The number of thiocarbonyl (C=S) groups is 1. The molecule has 0 N–H and O–H groups in total. The Hall–Kier alpha value is -2.60. The molecule has 1 fully saturated rings. The number of hydrogen-bond acceptors (Lipinski definition) is 5. The van der Waals surface area contributed by atoms with Crippen LogP contribution in [0.2, 0.25) is 0 Å². The van der Waals surface area contributed by atoms with Crippen LogP contribution in [0, 0.1) is 0 Å². The molecule has 6 heteroatoms. The Labute approximate surface area is 158 Å². The van der Waals surface area contributed by atoms with Crippen LogP contribution in [0.1, 0.15) is 28.8 Å². The smallest absolute Gasteiger partial charge is 0.343 e. The molecule has 136 valence electrons. The van der Waals surface area contributed by atoms with Crippen LogP contribution in [0.5, 0.6) is 17.2 Å². The fourth-order valence-corrected chi connectivity index (χ4v) is 3.18. The normalized spacial score (nSPS) is 13.4. The van der Waals surface area contributed by atoms with Crippen molar-refractivity contribution < 1.29 is 19.0 Å². The van der Waals surface area contributed by atoms with Crippen molar-refractivity contribution in [1.82, 2.24) is 4.90 Å². The molecule has 2 aromatic rings. The van der Waals surface area contributed by atoms with Crippen molar-refractivity contribution in [1.29, 1.82) is 0 Å². The van der Waals surface area contributed by atoms with E-state index in [1.54, 1.807) is 44.6 Å². The van der Waals surface area contributed by atoms with Gasteiger partial charge in [-0.15, -0.1) is 0 Å². The van der Waals surface area contributed by atoms with Crippen molar-refractivity contribution in [3.05, 3.63) is 53.6 Å². The number of carbonyl (C=O) groups is 1. The quantitative estimate of drug-likeness (QED) is 0.454. The molecule has 1 aliphatic rings. The van der Waals surface area contributed by atoms with E-state index in [9.17, 15) is 4.79 Å². The first-order valence-corrected chi connectivity index (χ1v) is 8.86. The van der Waals surface area contributed by atoms with Crippen molar-refractivity contribution in [2.45, 2.75) is 12.8 Å². The Morgan fingerprint density at radius 3 is 2.19 bits per heavy atom. The van der Waals surface area contributed by atoms with Crippen molar-refractivity contribution in [2.24, 2.45) is 0 Å². The molecule has 0 bridgehead atoms. The molecule has 1 saturated heterocycles.